The molecule has 0 unspecified atom stereocenters. The van der Waals surface area contributed by atoms with Gasteiger partial charge in [0.15, 0.2) is 5.75 Å². The van der Waals surface area contributed by atoms with E-state index in [9.17, 15) is 35.1 Å². The minimum atomic E-state index is -5.40. The first-order chi connectivity index (χ1) is 8.43. The van der Waals surface area contributed by atoms with E-state index in [2.05, 4.69) is 9.72 Å². The van der Waals surface area contributed by atoms with Crippen LogP contribution >= 0.6 is 0 Å². The summed E-state index contributed by atoms with van der Waals surface area (Å²) >= 11 is 0. The van der Waals surface area contributed by atoms with E-state index < -0.39 is 41.7 Å². The Labute approximate surface area is 99.0 Å². The molecule has 0 aromatic carbocycles. The Kier molecular flexibility index (Phi) is 3.77. The third-order valence-electron chi connectivity index (χ3n) is 1.79. The fraction of sp³-hybridized carbons (Fsp3) is 0.375. The van der Waals surface area contributed by atoms with Crippen molar-refractivity contribution in [3.63, 3.8) is 0 Å². The average molecular weight is 297 g/mol. The molecule has 0 fully saturated rings. The monoisotopic (exact) mass is 297 g/mol. The molecule has 108 valence electrons. The molecule has 0 saturated carbocycles. The van der Waals surface area contributed by atoms with Gasteiger partial charge in [0.1, 0.15) is 0 Å². The van der Waals surface area contributed by atoms with Gasteiger partial charge in [-0.15, -0.1) is 13.2 Å². The molecule has 1 heterocycles. The van der Waals surface area contributed by atoms with Gasteiger partial charge in [-0.1, -0.05) is 0 Å². The second kappa shape index (κ2) is 4.70. The second-order valence-corrected chi connectivity index (χ2v) is 3.09. The molecule has 1 rings (SSSR count). The molecule has 0 atom stereocenters. The van der Waals surface area contributed by atoms with Crippen molar-refractivity contribution in [1.29, 1.82) is 0 Å². The Morgan fingerprint density at radius 3 is 2.00 bits per heavy atom. The van der Waals surface area contributed by atoms with Crippen LogP contribution in [-0.4, -0.2) is 16.5 Å². The minimum absolute atomic E-state index is 0.276. The SMILES string of the molecule is Oc1c(OC(F)(F)F)ncc(C(F)(F)F)c1C(F)F. The second-order valence-electron chi connectivity index (χ2n) is 3.09. The normalized spacial score (nSPS) is 12.9. The molecule has 0 radical (unpaired) electrons. The molecule has 11 heteroatoms. The lowest BCUT2D eigenvalue weighted by Crippen LogP contribution is -2.19. The summed E-state index contributed by atoms with van der Waals surface area (Å²) in [4.78, 5) is 2.53. The van der Waals surface area contributed by atoms with Crippen LogP contribution in [0.3, 0.4) is 0 Å². The summed E-state index contributed by atoms with van der Waals surface area (Å²) in [6.45, 7) is 0. The van der Waals surface area contributed by atoms with Crippen LogP contribution in [0.5, 0.6) is 11.6 Å². The number of alkyl halides is 8. The van der Waals surface area contributed by atoms with Crippen molar-refractivity contribution >= 4 is 0 Å². The molecule has 19 heavy (non-hydrogen) atoms. The first kappa shape index (κ1) is 15.2. The van der Waals surface area contributed by atoms with Crippen molar-refractivity contribution in [2.24, 2.45) is 0 Å². The first-order valence-electron chi connectivity index (χ1n) is 4.26. The number of nitrogens with zero attached hydrogens (tertiary/aromatic N) is 1. The standard InChI is InChI=1S/C8H3F8NO2/c9-5(10)3-2(7(11,12)13)1-17-6(4(3)18)19-8(14,15)16/h1,5,18H. The molecule has 0 saturated heterocycles. The maximum Gasteiger partial charge on any atom is 0.574 e. The van der Waals surface area contributed by atoms with Gasteiger partial charge in [0.25, 0.3) is 12.3 Å². The molecule has 1 N–H and O–H groups in total. The lowest BCUT2D eigenvalue weighted by molar-refractivity contribution is -0.276. The predicted molar refractivity (Wildman–Crippen MR) is 42.5 cm³/mol. The molecule has 3 nitrogen and oxygen atoms in total. The molecule has 1 aromatic rings. The van der Waals surface area contributed by atoms with Gasteiger partial charge in [0, 0.05) is 6.20 Å². The van der Waals surface area contributed by atoms with Gasteiger partial charge in [0.2, 0.25) is 0 Å². The topological polar surface area (TPSA) is 42.4 Å². The summed E-state index contributed by atoms with van der Waals surface area (Å²) < 4.78 is 100. The molecular weight excluding hydrogens is 294 g/mol. The molecule has 0 bridgehead atoms. The Balaban J connectivity index is 3.40. The zero-order chi connectivity index (χ0) is 15.0. The van der Waals surface area contributed by atoms with Crippen LogP contribution in [0.25, 0.3) is 0 Å². The molecule has 0 aliphatic heterocycles. The van der Waals surface area contributed by atoms with E-state index >= 15 is 0 Å². The summed E-state index contributed by atoms with van der Waals surface area (Å²) in [5.41, 5.74) is -4.07. The van der Waals surface area contributed by atoms with Gasteiger partial charge in [0.05, 0.1) is 11.1 Å². The molecule has 0 aliphatic rings. The fourth-order valence-electron chi connectivity index (χ4n) is 1.13. The molecule has 0 amide bonds. The van der Waals surface area contributed by atoms with Crippen molar-refractivity contribution in [2.75, 3.05) is 0 Å². The highest BCUT2D eigenvalue weighted by atomic mass is 19.4. The molecular formula is C8H3F8NO2. The van der Waals surface area contributed by atoms with E-state index in [1.165, 1.54) is 0 Å². The number of aromatic hydroxyl groups is 1. The zero-order valence-electron chi connectivity index (χ0n) is 8.48. The smallest absolute Gasteiger partial charge is 0.503 e. The van der Waals surface area contributed by atoms with Crippen molar-refractivity contribution in [2.45, 2.75) is 19.0 Å². The maximum atomic E-state index is 12.4. The van der Waals surface area contributed by atoms with Gasteiger partial charge in [-0.2, -0.15) is 13.2 Å². The van der Waals surface area contributed by atoms with Crippen molar-refractivity contribution < 1.29 is 45.0 Å². The fourth-order valence-corrected chi connectivity index (χ4v) is 1.13. The van der Waals surface area contributed by atoms with Crippen LogP contribution in [0.4, 0.5) is 35.1 Å². The van der Waals surface area contributed by atoms with Crippen LogP contribution in [0.1, 0.15) is 17.6 Å². The number of ether oxygens (including phenoxy) is 1. The summed E-state index contributed by atoms with van der Waals surface area (Å²) in [5.74, 6) is -3.79. The minimum Gasteiger partial charge on any atom is -0.503 e. The number of hydrogen-bond acceptors (Lipinski definition) is 3. The largest absolute Gasteiger partial charge is 0.574 e. The first-order valence-corrected chi connectivity index (χ1v) is 4.26. The predicted octanol–water partition coefficient (Wildman–Crippen LogP) is 3.64. The lowest BCUT2D eigenvalue weighted by Gasteiger charge is -2.16. The Bertz CT molecular complexity index is 467. The number of pyridine rings is 1. The summed E-state index contributed by atoms with van der Waals surface area (Å²) in [5, 5.41) is 9.00. The van der Waals surface area contributed by atoms with E-state index in [0.717, 1.165) is 0 Å². The van der Waals surface area contributed by atoms with E-state index in [-0.39, 0.29) is 6.20 Å². The number of hydrogen-bond donors (Lipinski definition) is 1. The quantitative estimate of drug-likeness (QED) is 0.847. The number of rotatable bonds is 2. The van der Waals surface area contributed by atoms with Crippen LogP contribution < -0.4 is 4.74 Å². The highest BCUT2D eigenvalue weighted by Crippen LogP contribution is 2.44. The molecule has 1 aromatic heterocycles. The van der Waals surface area contributed by atoms with Crippen LogP contribution in [0, 0.1) is 0 Å². The van der Waals surface area contributed by atoms with E-state index in [0.29, 0.717) is 0 Å². The van der Waals surface area contributed by atoms with Gasteiger partial charge in [-0.05, 0) is 0 Å². The maximum absolute atomic E-state index is 12.4. The van der Waals surface area contributed by atoms with Gasteiger partial charge in [-0.3, -0.25) is 0 Å². The van der Waals surface area contributed by atoms with E-state index in [1.807, 2.05) is 0 Å². The summed E-state index contributed by atoms with van der Waals surface area (Å²) in [6.07, 6.45) is -14.9. The van der Waals surface area contributed by atoms with E-state index in [4.69, 9.17) is 5.11 Å². The Morgan fingerprint density at radius 2 is 1.63 bits per heavy atom. The molecule has 0 aliphatic carbocycles. The van der Waals surface area contributed by atoms with E-state index in [1.54, 1.807) is 0 Å². The Morgan fingerprint density at radius 1 is 1.11 bits per heavy atom. The van der Waals surface area contributed by atoms with Crippen molar-refractivity contribution in [3.05, 3.63) is 17.3 Å². The van der Waals surface area contributed by atoms with Gasteiger partial charge in [-0.25, -0.2) is 13.8 Å². The highest BCUT2D eigenvalue weighted by molar-refractivity contribution is 5.46. The Hall–Kier alpha value is -1.81. The lowest BCUT2D eigenvalue weighted by atomic mass is 10.1. The van der Waals surface area contributed by atoms with Crippen LogP contribution in [0.15, 0.2) is 6.20 Å². The third-order valence-corrected chi connectivity index (χ3v) is 1.79. The number of aromatic nitrogens is 1. The van der Waals surface area contributed by atoms with Crippen LogP contribution in [-0.2, 0) is 6.18 Å². The highest BCUT2D eigenvalue weighted by Gasteiger charge is 2.41. The summed E-state index contributed by atoms with van der Waals surface area (Å²) in [6, 6.07) is 0. The zero-order valence-corrected chi connectivity index (χ0v) is 8.48. The van der Waals surface area contributed by atoms with Crippen molar-refractivity contribution in [1.82, 2.24) is 4.98 Å². The third kappa shape index (κ3) is 3.58. The van der Waals surface area contributed by atoms with Gasteiger partial charge >= 0.3 is 12.5 Å². The summed E-state index contributed by atoms with van der Waals surface area (Å²) in [7, 11) is 0. The number of halogens is 8. The average Bonchev–Trinajstić information content (AvgIpc) is 2.16. The molecule has 0 spiro atoms. The van der Waals surface area contributed by atoms with Crippen molar-refractivity contribution in [3.8, 4) is 11.6 Å². The van der Waals surface area contributed by atoms with Gasteiger partial charge < -0.3 is 9.84 Å². The van der Waals surface area contributed by atoms with Crippen LogP contribution in [0.2, 0.25) is 0 Å².